The van der Waals surface area contributed by atoms with Crippen LogP contribution in [0.5, 0.6) is 5.75 Å². The van der Waals surface area contributed by atoms with Crippen LogP contribution in [0.2, 0.25) is 0 Å². The molecule has 0 unspecified atom stereocenters. The van der Waals surface area contributed by atoms with E-state index in [4.69, 9.17) is 4.52 Å². The molecule has 0 atom stereocenters. The molecule has 0 aliphatic rings. The van der Waals surface area contributed by atoms with Gasteiger partial charge in [0.2, 0.25) is 5.82 Å². The first-order valence-corrected chi connectivity index (χ1v) is 6.15. The minimum Gasteiger partial charge on any atom is -0.508 e. The van der Waals surface area contributed by atoms with Gasteiger partial charge in [-0.15, -0.1) is 11.3 Å². The van der Waals surface area contributed by atoms with Gasteiger partial charge >= 0.3 is 0 Å². The van der Waals surface area contributed by atoms with Gasteiger partial charge in [0, 0.05) is 5.56 Å². The fourth-order valence-corrected chi connectivity index (χ4v) is 2.27. The zero-order valence-corrected chi connectivity index (χ0v) is 10.3. The van der Waals surface area contributed by atoms with Crippen LogP contribution in [0.15, 0.2) is 34.3 Å². The van der Waals surface area contributed by atoms with Gasteiger partial charge in [0.1, 0.15) is 10.6 Å². The van der Waals surface area contributed by atoms with Crippen molar-refractivity contribution in [2.45, 2.75) is 6.92 Å². The Kier molecular flexibility index (Phi) is 2.56. The lowest BCUT2D eigenvalue weighted by Crippen LogP contribution is -1.80. The molecule has 3 aromatic rings. The largest absolute Gasteiger partial charge is 0.508 e. The highest BCUT2D eigenvalue weighted by molar-refractivity contribution is 7.13. The van der Waals surface area contributed by atoms with Crippen LogP contribution in [0.3, 0.4) is 0 Å². The maximum Gasteiger partial charge on any atom is 0.270 e. The van der Waals surface area contributed by atoms with Gasteiger partial charge in [-0.3, -0.25) is 0 Å². The zero-order chi connectivity index (χ0) is 12.5. The SMILES string of the molecule is Cc1ncsc1-c1nc(-c2ccc(O)cc2)no1. The number of benzene rings is 1. The quantitative estimate of drug-likeness (QED) is 0.766. The molecule has 6 heteroatoms. The fraction of sp³-hybridized carbons (Fsp3) is 0.0833. The number of aromatic nitrogens is 3. The molecule has 0 aliphatic heterocycles. The fourth-order valence-electron chi connectivity index (χ4n) is 1.55. The van der Waals surface area contributed by atoms with E-state index in [1.54, 1.807) is 29.8 Å². The summed E-state index contributed by atoms with van der Waals surface area (Å²) in [5.41, 5.74) is 3.42. The Morgan fingerprint density at radius 2 is 2.00 bits per heavy atom. The molecule has 0 bridgehead atoms. The van der Waals surface area contributed by atoms with E-state index in [0.29, 0.717) is 11.7 Å². The standard InChI is InChI=1S/C12H9N3O2S/c1-7-10(18-6-13-7)12-14-11(15-17-12)8-2-4-9(16)5-3-8/h2-6,16H,1H3. The van der Waals surface area contributed by atoms with Crippen LogP contribution in [0, 0.1) is 6.92 Å². The summed E-state index contributed by atoms with van der Waals surface area (Å²) < 4.78 is 5.22. The highest BCUT2D eigenvalue weighted by Gasteiger charge is 2.14. The van der Waals surface area contributed by atoms with Crippen molar-refractivity contribution in [1.82, 2.24) is 15.1 Å². The molecule has 0 saturated carbocycles. The first kappa shape index (κ1) is 10.9. The topological polar surface area (TPSA) is 72.0 Å². The second-order valence-electron chi connectivity index (χ2n) is 3.74. The summed E-state index contributed by atoms with van der Waals surface area (Å²) in [6.07, 6.45) is 0. The highest BCUT2D eigenvalue weighted by Crippen LogP contribution is 2.28. The summed E-state index contributed by atoms with van der Waals surface area (Å²) in [7, 11) is 0. The van der Waals surface area contributed by atoms with E-state index >= 15 is 0 Å². The van der Waals surface area contributed by atoms with Gasteiger partial charge in [-0.05, 0) is 31.2 Å². The Morgan fingerprint density at radius 1 is 1.22 bits per heavy atom. The molecule has 0 spiro atoms. The molecule has 1 N–H and O–H groups in total. The number of nitrogens with zero attached hydrogens (tertiary/aromatic N) is 3. The lowest BCUT2D eigenvalue weighted by molar-refractivity contribution is 0.433. The normalized spacial score (nSPS) is 10.7. The highest BCUT2D eigenvalue weighted by atomic mass is 32.1. The molecule has 18 heavy (non-hydrogen) atoms. The van der Waals surface area contributed by atoms with Gasteiger partial charge in [-0.25, -0.2) is 4.98 Å². The van der Waals surface area contributed by atoms with Gasteiger partial charge in [-0.1, -0.05) is 5.16 Å². The van der Waals surface area contributed by atoms with Crippen molar-refractivity contribution in [1.29, 1.82) is 0 Å². The van der Waals surface area contributed by atoms with Gasteiger partial charge in [-0.2, -0.15) is 4.98 Å². The number of aromatic hydroxyl groups is 1. The Hall–Kier alpha value is -2.21. The van der Waals surface area contributed by atoms with Crippen molar-refractivity contribution in [2.24, 2.45) is 0 Å². The minimum atomic E-state index is 0.209. The summed E-state index contributed by atoms with van der Waals surface area (Å²) in [5.74, 6) is 1.18. The Balaban J connectivity index is 1.99. The van der Waals surface area contributed by atoms with Crippen molar-refractivity contribution in [3.63, 3.8) is 0 Å². The molecular formula is C12H9N3O2S. The molecule has 0 radical (unpaired) electrons. The Labute approximate surface area is 107 Å². The maximum absolute atomic E-state index is 9.22. The molecular weight excluding hydrogens is 250 g/mol. The van der Waals surface area contributed by atoms with E-state index in [9.17, 15) is 5.11 Å². The monoisotopic (exact) mass is 259 g/mol. The summed E-state index contributed by atoms with van der Waals surface area (Å²) in [4.78, 5) is 9.35. The molecule has 3 rings (SSSR count). The first-order chi connectivity index (χ1) is 8.74. The lowest BCUT2D eigenvalue weighted by Gasteiger charge is -1.93. The molecule has 0 amide bonds. The third-order valence-corrected chi connectivity index (χ3v) is 3.41. The molecule has 5 nitrogen and oxygen atoms in total. The molecule has 2 heterocycles. The molecule has 0 aliphatic carbocycles. The van der Waals surface area contributed by atoms with E-state index in [1.807, 2.05) is 6.92 Å². The number of thiazole rings is 1. The lowest BCUT2D eigenvalue weighted by atomic mass is 10.2. The smallest absolute Gasteiger partial charge is 0.270 e. The van der Waals surface area contributed by atoms with Crippen LogP contribution in [-0.2, 0) is 0 Å². The maximum atomic E-state index is 9.22. The van der Waals surface area contributed by atoms with Crippen molar-refractivity contribution >= 4 is 11.3 Å². The van der Waals surface area contributed by atoms with Crippen molar-refractivity contribution in [3.8, 4) is 27.9 Å². The van der Waals surface area contributed by atoms with E-state index in [0.717, 1.165) is 16.1 Å². The Morgan fingerprint density at radius 3 is 2.67 bits per heavy atom. The molecule has 90 valence electrons. The average molecular weight is 259 g/mol. The van der Waals surface area contributed by atoms with Crippen LogP contribution in [0.4, 0.5) is 0 Å². The predicted octanol–water partition coefficient (Wildman–Crippen LogP) is 2.87. The number of rotatable bonds is 2. The summed E-state index contributed by atoms with van der Waals surface area (Å²) in [6.45, 7) is 1.90. The van der Waals surface area contributed by atoms with Gasteiger partial charge in [0.15, 0.2) is 0 Å². The molecule has 2 aromatic heterocycles. The van der Waals surface area contributed by atoms with Crippen molar-refractivity contribution in [3.05, 3.63) is 35.5 Å². The second kappa shape index (κ2) is 4.23. The number of phenols is 1. The molecule has 0 saturated heterocycles. The second-order valence-corrected chi connectivity index (χ2v) is 4.59. The van der Waals surface area contributed by atoms with Crippen LogP contribution < -0.4 is 0 Å². The minimum absolute atomic E-state index is 0.209. The van der Waals surface area contributed by atoms with Gasteiger partial charge in [0.05, 0.1) is 11.2 Å². The van der Waals surface area contributed by atoms with E-state index in [-0.39, 0.29) is 5.75 Å². The first-order valence-electron chi connectivity index (χ1n) is 5.27. The van der Waals surface area contributed by atoms with E-state index in [2.05, 4.69) is 15.1 Å². The number of phenolic OH excluding ortho intramolecular Hbond substituents is 1. The Bertz CT molecular complexity index is 673. The van der Waals surface area contributed by atoms with E-state index in [1.165, 1.54) is 11.3 Å². The van der Waals surface area contributed by atoms with Crippen LogP contribution >= 0.6 is 11.3 Å². The summed E-state index contributed by atoms with van der Waals surface area (Å²) >= 11 is 1.47. The third-order valence-electron chi connectivity index (χ3n) is 2.49. The predicted molar refractivity (Wildman–Crippen MR) is 67.2 cm³/mol. The average Bonchev–Trinajstić information content (AvgIpc) is 2.98. The third kappa shape index (κ3) is 1.86. The molecule has 1 aromatic carbocycles. The van der Waals surface area contributed by atoms with Crippen LogP contribution in [0.1, 0.15) is 5.69 Å². The summed E-state index contributed by atoms with van der Waals surface area (Å²) in [5, 5.41) is 13.1. The molecule has 0 fully saturated rings. The number of hydrogen-bond acceptors (Lipinski definition) is 6. The summed E-state index contributed by atoms with van der Waals surface area (Å²) in [6, 6.07) is 6.65. The zero-order valence-electron chi connectivity index (χ0n) is 9.49. The van der Waals surface area contributed by atoms with Crippen LogP contribution in [-0.4, -0.2) is 20.2 Å². The number of hydrogen-bond donors (Lipinski definition) is 1. The van der Waals surface area contributed by atoms with Crippen LogP contribution in [0.25, 0.3) is 22.2 Å². The van der Waals surface area contributed by atoms with Crippen molar-refractivity contribution < 1.29 is 9.63 Å². The van der Waals surface area contributed by atoms with E-state index < -0.39 is 0 Å². The number of aryl methyl sites for hydroxylation is 1. The van der Waals surface area contributed by atoms with Gasteiger partial charge in [0.25, 0.3) is 5.89 Å². The van der Waals surface area contributed by atoms with Gasteiger partial charge < -0.3 is 9.63 Å². The van der Waals surface area contributed by atoms with Crippen molar-refractivity contribution in [2.75, 3.05) is 0 Å².